The van der Waals surface area contributed by atoms with Crippen LogP contribution in [0.4, 0.5) is 0 Å². The predicted octanol–water partition coefficient (Wildman–Crippen LogP) is 3.42. The van der Waals surface area contributed by atoms with E-state index in [0.29, 0.717) is 0 Å². The molecule has 0 radical (unpaired) electrons. The Morgan fingerprint density at radius 3 is 2.67 bits per heavy atom. The molecule has 1 N–H and O–H groups in total. The highest BCUT2D eigenvalue weighted by atomic mass is 32.9. The lowest BCUT2D eigenvalue weighted by Crippen LogP contribution is -2.09. The summed E-state index contributed by atoms with van der Waals surface area (Å²) in [7, 11) is 0. The highest BCUT2D eigenvalue weighted by Gasteiger charge is 2.15. The maximum Gasteiger partial charge on any atom is 0.211 e. The van der Waals surface area contributed by atoms with Gasteiger partial charge in [-0.25, -0.2) is 0 Å². The molecule has 0 aromatic rings. The van der Waals surface area contributed by atoms with Crippen LogP contribution < -0.4 is 5.09 Å². The fourth-order valence-corrected chi connectivity index (χ4v) is 5.15. The molecule has 0 saturated carbocycles. The number of nitrogens with zero attached hydrogens (tertiary/aromatic N) is 1. The number of hydrogen-bond acceptors (Lipinski definition) is 4. The van der Waals surface area contributed by atoms with Gasteiger partial charge in [0.2, 0.25) is 5.62 Å². The molecule has 0 fully saturated rings. The summed E-state index contributed by atoms with van der Waals surface area (Å²) in [4.78, 5) is 4.10. The molecule has 0 saturated heterocycles. The van der Waals surface area contributed by atoms with E-state index in [1.807, 2.05) is 6.92 Å². The molecule has 90 valence electrons. The van der Waals surface area contributed by atoms with Crippen LogP contribution in [0.5, 0.6) is 0 Å². The monoisotopic (exact) mass is 268 g/mol. The van der Waals surface area contributed by atoms with Crippen LogP contribution >= 0.6 is 17.0 Å². The van der Waals surface area contributed by atoms with E-state index in [4.69, 9.17) is 16.3 Å². The van der Waals surface area contributed by atoms with Gasteiger partial charge in [0.05, 0.1) is 12.9 Å². The van der Waals surface area contributed by atoms with E-state index in [2.05, 4.69) is 23.9 Å². The van der Waals surface area contributed by atoms with Gasteiger partial charge in [-0.05, 0) is 31.6 Å². The summed E-state index contributed by atoms with van der Waals surface area (Å²) in [5, 5.41) is 3.14. The van der Waals surface area contributed by atoms with Gasteiger partial charge in [-0.3, -0.25) is 4.99 Å². The zero-order valence-corrected chi connectivity index (χ0v) is 12.3. The Bertz CT molecular complexity index is 212. The summed E-state index contributed by atoms with van der Waals surface area (Å²) in [5.41, 5.74) is -1.93. The van der Waals surface area contributed by atoms with E-state index >= 15 is 0 Å². The Balaban J connectivity index is 4.13. The molecule has 0 aliphatic carbocycles. The standard InChI is InChI=1S/C9H21N2OPS2/c1-4-7-12-13(14,15-8-5-2)11-9-10-6-3/h9H,4-8H2,1-3H3,(H,10,11,14). The third-order valence-corrected chi connectivity index (χ3v) is 7.09. The molecule has 3 nitrogen and oxygen atoms in total. The van der Waals surface area contributed by atoms with Gasteiger partial charge in [0.1, 0.15) is 0 Å². The summed E-state index contributed by atoms with van der Waals surface area (Å²) in [6.45, 7) is 7.72. The van der Waals surface area contributed by atoms with Gasteiger partial charge >= 0.3 is 0 Å². The van der Waals surface area contributed by atoms with Gasteiger partial charge in [0, 0.05) is 12.3 Å². The van der Waals surface area contributed by atoms with Gasteiger partial charge in [-0.2, -0.15) is 0 Å². The SMILES string of the molecule is CCCOP(=S)(NC=NCC)SCCC. The van der Waals surface area contributed by atoms with Crippen molar-refractivity contribution in [3.05, 3.63) is 0 Å². The van der Waals surface area contributed by atoms with Crippen LogP contribution in [0.2, 0.25) is 0 Å². The zero-order chi connectivity index (χ0) is 11.6. The highest BCUT2D eigenvalue weighted by Crippen LogP contribution is 2.55. The first-order valence-corrected chi connectivity index (χ1v) is 9.64. The van der Waals surface area contributed by atoms with Crippen LogP contribution in [0, 0.1) is 0 Å². The Labute approximate surface area is 102 Å². The quantitative estimate of drug-likeness (QED) is 0.395. The molecule has 0 spiro atoms. The topological polar surface area (TPSA) is 33.6 Å². The maximum atomic E-state index is 5.71. The molecule has 0 heterocycles. The van der Waals surface area contributed by atoms with Crippen molar-refractivity contribution in [3.8, 4) is 0 Å². The predicted molar refractivity (Wildman–Crippen MR) is 75.4 cm³/mol. The second-order valence-electron chi connectivity index (χ2n) is 2.92. The minimum atomic E-state index is -1.93. The first-order chi connectivity index (χ1) is 7.18. The molecule has 0 aromatic carbocycles. The van der Waals surface area contributed by atoms with E-state index in [9.17, 15) is 0 Å². The molecule has 15 heavy (non-hydrogen) atoms. The van der Waals surface area contributed by atoms with Crippen molar-refractivity contribution < 1.29 is 4.52 Å². The smallest absolute Gasteiger partial charge is 0.211 e. The second-order valence-corrected chi connectivity index (χ2v) is 9.65. The van der Waals surface area contributed by atoms with Crippen molar-refractivity contribution in [2.45, 2.75) is 33.6 Å². The Morgan fingerprint density at radius 2 is 2.13 bits per heavy atom. The summed E-state index contributed by atoms with van der Waals surface area (Å²) >= 11 is 7.21. The number of nitrogens with one attached hydrogen (secondary N) is 1. The van der Waals surface area contributed by atoms with E-state index in [1.54, 1.807) is 17.7 Å². The minimum absolute atomic E-state index is 0.723. The lowest BCUT2D eigenvalue weighted by atomic mass is 10.5. The zero-order valence-electron chi connectivity index (χ0n) is 9.73. The molecule has 0 aromatic heterocycles. The van der Waals surface area contributed by atoms with Crippen LogP contribution in [-0.2, 0) is 16.3 Å². The van der Waals surface area contributed by atoms with E-state index in [-0.39, 0.29) is 0 Å². The molecule has 0 aliphatic heterocycles. The molecule has 6 heteroatoms. The highest BCUT2D eigenvalue weighted by molar-refractivity contribution is 8.68. The van der Waals surface area contributed by atoms with E-state index in [0.717, 1.165) is 31.7 Å². The fourth-order valence-electron chi connectivity index (χ4n) is 0.738. The Kier molecular flexibility index (Phi) is 9.92. The van der Waals surface area contributed by atoms with Crippen molar-refractivity contribution in [2.24, 2.45) is 4.99 Å². The van der Waals surface area contributed by atoms with Gasteiger partial charge in [0.15, 0.2) is 0 Å². The Hall–Kier alpha value is 0.430. The third-order valence-electron chi connectivity index (χ3n) is 1.42. The van der Waals surface area contributed by atoms with E-state index in [1.165, 1.54) is 0 Å². The van der Waals surface area contributed by atoms with E-state index < -0.39 is 5.62 Å². The van der Waals surface area contributed by atoms with Crippen molar-refractivity contribution in [1.82, 2.24) is 5.09 Å². The molecule has 1 unspecified atom stereocenters. The molecule has 0 rings (SSSR count). The molecule has 0 amide bonds. The van der Waals surface area contributed by atoms with Crippen molar-refractivity contribution in [3.63, 3.8) is 0 Å². The third kappa shape index (κ3) is 8.26. The second kappa shape index (κ2) is 9.64. The summed E-state index contributed by atoms with van der Waals surface area (Å²) in [6, 6.07) is 0. The van der Waals surface area contributed by atoms with Crippen LogP contribution in [0.25, 0.3) is 0 Å². The first-order valence-electron chi connectivity index (χ1n) is 5.33. The van der Waals surface area contributed by atoms with Crippen molar-refractivity contribution >= 4 is 35.1 Å². The lowest BCUT2D eigenvalue weighted by Gasteiger charge is -2.20. The van der Waals surface area contributed by atoms with Gasteiger partial charge in [0.25, 0.3) is 0 Å². The van der Waals surface area contributed by atoms with Gasteiger partial charge < -0.3 is 9.61 Å². The number of aliphatic imine (C=N–C) groups is 1. The summed E-state index contributed by atoms with van der Waals surface area (Å²) in [5.74, 6) is 1.04. The largest absolute Gasteiger partial charge is 0.326 e. The van der Waals surface area contributed by atoms with Crippen LogP contribution in [-0.4, -0.2) is 25.2 Å². The average Bonchev–Trinajstić information content (AvgIpc) is 2.24. The molecule has 1 atom stereocenters. The summed E-state index contributed by atoms with van der Waals surface area (Å²) < 4.78 is 5.71. The normalized spacial score (nSPS) is 15.4. The summed E-state index contributed by atoms with van der Waals surface area (Å²) in [6.07, 6.45) is 3.81. The van der Waals surface area contributed by atoms with Gasteiger partial charge in [-0.15, -0.1) is 0 Å². The maximum absolute atomic E-state index is 5.71. The Morgan fingerprint density at radius 1 is 1.40 bits per heavy atom. The molecular weight excluding hydrogens is 247 g/mol. The average molecular weight is 268 g/mol. The molecule has 0 bridgehead atoms. The fraction of sp³-hybridized carbons (Fsp3) is 0.889. The molecule has 0 aliphatic rings. The first kappa shape index (κ1) is 15.4. The van der Waals surface area contributed by atoms with Crippen molar-refractivity contribution in [2.75, 3.05) is 18.9 Å². The van der Waals surface area contributed by atoms with Crippen LogP contribution in [0.3, 0.4) is 0 Å². The van der Waals surface area contributed by atoms with Gasteiger partial charge in [-0.1, -0.05) is 25.2 Å². The number of hydrogen-bond donors (Lipinski definition) is 1. The molecular formula is C9H21N2OPS2. The lowest BCUT2D eigenvalue weighted by molar-refractivity contribution is 0.356. The number of rotatable bonds is 9. The van der Waals surface area contributed by atoms with Crippen LogP contribution in [0.15, 0.2) is 4.99 Å². The van der Waals surface area contributed by atoms with Crippen molar-refractivity contribution in [1.29, 1.82) is 0 Å². The minimum Gasteiger partial charge on any atom is -0.326 e. The van der Waals surface area contributed by atoms with Crippen LogP contribution in [0.1, 0.15) is 33.6 Å².